The van der Waals surface area contributed by atoms with Crippen LogP contribution < -0.4 is 10.6 Å². The molecule has 0 radical (unpaired) electrons. The van der Waals surface area contributed by atoms with Gasteiger partial charge in [-0.1, -0.05) is 26.2 Å². The van der Waals surface area contributed by atoms with Gasteiger partial charge in [0.2, 0.25) is 0 Å². The fraction of sp³-hybridized carbons (Fsp3) is 0.462. The Morgan fingerprint density at radius 2 is 1.84 bits per heavy atom. The Kier molecular flexibility index (Phi) is 6.18. The van der Waals surface area contributed by atoms with Crippen molar-refractivity contribution in [1.29, 1.82) is 0 Å². The lowest BCUT2D eigenvalue weighted by Crippen LogP contribution is -2.30. The molecule has 0 saturated carbocycles. The summed E-state index contributed by atoms with van der Waals surface area (Å²) in [6, 6.07) is 1.10. The summed E-state index contributed by atoms with van der Waals surface area (Å²) in [7, 11) is 0. The number of halogens is 3. The van der Waals surface area contributed by atoms with Crippen LogP contribution in [0, 0.1) is 17.5 Å². The lowest BCUT2D eigenvalue weighted by atomic mass is 10.2. The second kappa shape index (κ2) is 7.66. The van der Waals surface area contributed by atoms with Crippen molar-refractivity contribution in [3.05, 3.63) is 29.6 Å². The van der Waals surface area contributed by atoms with E-state index in [2.05, 4.69) is 17.6 Å². The second-order valence-corrected chi connectivity index (χ2v) is 4.16. The van der Waals surface area contributed by atoms with Crippen molar-refractivity contribution in [1.82, 2.24) is 5.32 Å². The number of carbonyl (C=O) groups is 1. The van der Waals surface area contributed by atoms with Crippen LogP contribution in [0.2, 0.25) is 0 Å². The topological polar surface area (TPSA) is 41.1 Å². The molecule has 0 atom stereocenters. The van der Waals surface area contributed by atoms with Crippen molar-refractivity contribution in [2.45, 2.75) is 32.6 Å². The zero-order valence-corrected chi connectivity index (χ0v) is 10.7. The monoisotopic (exact) mass is 274 g/mol. The molecule has 0 aromatic heterocycles. The molecular formula is C13H17F3N2O. The average Bonchev–Trinajstić information content (AvgIpc) is 2.39. The highest BCUT2D eigenvalue weighted by Crippen LogP contribution is 2.19. The Hall–Kier alpha value is -1.72. The first-order valence-electron chi connectivity index (χ1n) is 6.24. The SMILES string of the molecule is CCCCCCNC(=O)Nc1ccc(F)c(F)c1F. The van der Waals surface area contributed by atoms with Crippen molar-refractivity contribution in [3.8, 4) is 0 Å². The third kappa shape index (κ3) is 4.81. The third-order valence-corrected chi connectivity index (χ3v) is 2.60. The summed E-state index contributed by atoms with van der Waals surface area (Å²) in [5.74, 6) is -4.29. The number of nitrogens with one attached hydrogen (secondary N) is 2. The van der Waals surface area contributed by atoms with E-state index in [-0.39, 0.29) is 5.69 Å². The number of amides is 2. The van der Waals surface area contributed by atoms with Crippen LogP contribution in [0.1, 0.15) is 32.6 Å². The first kappa shape index (κ1) is 15.3. The van der Waals surface area contributed by atoms with Crippen LogP contribution in [0.5, 0.6) is 0 Å². The van der Waals surface area contributed by atoms with Gasteiger partial charge in [-0.05, 0) is 18.6 Å². The Bertz CT molecular complexity index is 438. The highest BCUT2D eigenvalue weighted by atomic mass is 19.2. The molecule has 0 spiro atoms. The van der Waals surface area contributed by atoms with Crippen LogP contribution >= 0.6 is 0 Å². The number of carbonyl (C=O) groups excluding carboxylic acids is 1. The predicted octanol–water partition coefficient (Wildman–Crippen LogP) is 3.81. The fourth-order valence-corrected chi connectivity index (χ4v) is 1.54. The molecule has 0 fully saturated rings. The van der Waals surface area contributed by atoms with Gasteiger partial charge in [-0.3, -0.25) is 0 Å². The van der Waals surface area contributed by atoms with E-state index in [1.54, 1.807) is 0 Å². The number of benzene rings is 1. The highest BCUT2D eigenvalue weighted by molar-refractivity contribution is 5.89. The van der Waals surface area contributed by atoms with E-state index in [0.29, 0.717) is 6.54 Å². The summed E-state index contributed by atoms with van der Waals surface area (Å²) in [5.41, 5.74) is -0.384. The van der Waals surface area contributed by atoms with Gasteiger partial charge in [0.1, 0.15) is 0 Å². The zero-order valence-electron chi connectivity index (χ0n) is 10.7. The van der Waals surface area contributed by atoms with Crippen LogP contribution in [0.3, 0.4) is 0 Å². The summed E-state index contributed by atoms with van der Waals surface area (Å²) in [4.78, 5) is 11.4. The zero-order chi connectivity index (χ0) is 14.3. The van der Waals surface area contributed by atoms with Gasteiger partial charge in [0.25, 0.3) is 0 Å². The van der Waals surface area contributed by atoms with Crippen molar-refractivity contribution in [3.63, 3.8) is 0 Å². The smallest absolute Gasteiger partial charge is 0.319 e. The lowest BCUT2D eigenvalue weighted by molar-refractivity contribution is 0.251. The van der Waals surface area contributed by atoms with E-state index in [0.717, 1.165) is 37.8 Å². The summed E-state index contributed by atoms with van der Waals surface area (Å²) in [6.45, 7) is 2.53. The van der Waals surface area contributed by atoms with Crippen LogP contribution in [0.25, 0.3) is 0 Å². The minimum Gasteiger partial charge on any atom is -0.338 e. The van der Waals surface area contributed by atoms with E-state index in [1.807, 2.05) is 0 Å². The standard InChI is InChI=1S/C13H17F3N2O/c1-2-3-4-5-8-17-13(19)18-10-7-6-9(14)11(15)12(10)16/h6-7H,2-5,8H2,1H3,(H2,17,18,19). The van der Waals surface area contributed by atoms with Gasteiger partial charge in [-0.25, -0.2) is 18.0 Å². The predicted molar refractivity (Wildman–Crippen MR) is 67.5 cm³/mol. The Labute approximate surface area is 110 Å². The van der Waals surface area contributed by atoms with E-state index < -0.39 is 23.5 Å². The fourth-order valence-electron chi connectivity index (χ4n) is 1.54. The summed E-state index contributed by atoms with van der Waals surface area (Å²) in [5, 5.41) is 4.66. The Morgan fingerprint density at radius 1 is 1.11 bits per heavy atom. The molecule has 0 aliphatic rings. The first-order chi connectivity index (χ1) is 9.06. The number of anilines is 1. The molecule has 106 valence electrons. The van der Waals surface area contributed by atoms with Gasteiger partial charge in [0.05, 0.1) is 5.69 Å². The molecule has 0 heterocycles. The second-order valence-electron chi connectivity index (χ2n) is 4.16. The van der Waals surface area contributed by atoms with Gasteiger partial charge >= 0.3 is 6.03 Å². The largest absolute Gasteiger partial charge is 0.338 e. The Morgan fingerprint density at radius 3 is 2.53 bits per heavy atom. The van der Waals surface area contributed by atoms with Crippen molar-refractivity contribution in [2.75, 3.05) is 11.9 Å². The number of hydrogen-bond donors (Lipinski definition) is 2. The van der Waals surface area contributed by atoms with Crippen LogP contribution in [0.4, 0.5) is 23.7 Å². The molecular weight excluding hydrogens is 257 g/mol. The number of rotatable bonds is 6. The molecule has 0 unspecified atom stereocenters. The van der Waals surface area contributed by atoms with Gasteiger partial charge in [-0.2, -0.15) is 0 Å². The van der Waals surface area contributed by atoms with E-state index in [9.17, 15) is 18.0 Å². The van der Waals surface area contributed by atoms with Crippen molar-refractivity contribution < 1.29 is 18.0 Å². The molecule has 1 rings (SSSR count). The van der Waals surface area contributed by atoms with Gasteiger partial charge < -0.3 is 10.6 Å². The lowest BCUT2D eigenvalue weighted by Gasteiger charge is -2.08. The van der Waals surface area contributed by atoms with Crippen LogP contribution in [-0.4, -0.2) is 12.6 Å². The van der Waals surface area contributed by atoms with Gasteiger partial charge in [0, 0.05) is 6.54 Å². The number of hydrogen-bond acceptors (Lipinski definition) is 1. The van der Waals surface area contributed by atoms with E-state index >= 15 is 0 Å². The maximum Gasteiger partial charge on any atom is 0.319 e. The van der Waals surface area contributed by atoms with Gasteiger partial charge in [-0.15, -0.1) is 0 Å². The highest BCUT2D eigenvalue weighted by Gasteiger charge is 2.14. The minimum absolute atomic E-state index is 0.384. The van der Waals surface area contributed by atoms with E-state index in [1.165, 1.54) is 0 Å². The molecule has 3 nitrogen and oxygen atoms in total. The summed E-state index contributed by atoms with van der Waals surface area (Å²) < 4.78 is 38.8. The molecule has 19 heavy (non-hydrogen) atoms. The molecule has 0 saturated heterocycles. The third-order valence-electron chi connectivity index (χ3n) is 2.60. The number of urea groups is 1. The molecule has 0 bridgehead atoms. The Balaban J connectivity index is 2.42. The molecule has 6 heteroatoms. The van der Waals surface area contributed by atoms with Crippen LogP contribution in [0.15, 0.2) is 12.1 Å². The maximum atomic E-state index is 13.3. The van der Waals surface area contributed by atoms with Crippen LogP contribution in [-0.2, 0) is 0 Å². The first-order valence-corrected chi connectivity index (χ1v) is 6.24. The van der Waals surface area contributed by atoms with Crippen molar-refractivity contribution in [2.24, 2.45) is 0 Å². The molecule has 2 amide bonds. The van der Waals surface area contributed by atoms with Gasteiger partial charge in [0.15, 0.2) is 17.5 Å². The molecule has 2 N–H and O–H groups in total. The summed E-state index contributed by atoms with van der Waals surface area (Å²) in [6.07, 6.45) is 3.99. The molecule has 0 aliphatic heterocycles. The van der Waals surface area contributed by atoms with Crippen molar-refractivity contribution >= 4 is 11.7 Å². The maximum absolute atomic E-state index is 13.3. The van der Waals surface area contributed by atoms with E-state index in [4.69, 9.17) is 0 Å². The molecule has 0 aliphatic carbocycles. The normalized spacial score (nSPS) is 10.3. The molecule has 1 aromatic carbocycles. The minimum atomic E-state index is -1.60. The summed E-state index contributed by atoms with van der Waals surface area (Å²) >= 11 is 0. The number of unbranched alkanes of at least 4 members (excludes halogenated alkanes) is 3. The molecule has 1 aromatic rings. The quantitative estimate of drug-likeness (QED) is 0.601. The average molecular weight is 274 g/mol.